The fourth-order valence-corrected chi connectivity index (χ4v) is 3.51. The number of rotatable bonds is 4. The molecule has 2 amide bonds. The third-order valence-electron chi connectivity index (χ3n) is 4.86. The number of hydrogen-bond donors (Lipinski definition) is 1. The molecule has 6 heteroatoms. The van der Waals surface area contributed by atoms with Gasteiger partial charge in [-0.05, 0) is 48.2 Å². The maximum atomic E-state index is 12.8. The van der Waals surface area contributed by atoms with Crippen molar-refractivity contribution in [3.8, 4) is 6.07 Å². The number of carbonyl (C=O) groups excluding carboxylic acids is 2. The van der Waals surface area contributed by atoms with Crippen LogP contribution in [-0.4, -0.2) is 28.2 Å². The summed E-state index contributed by atoms with van der Waals surface area (Å²) in [4.78, 5) is 29.8. The molecule has 0 saturated carbocycles. The van der Waals surface area contributed by atoms with Crippen molar-refractivity contribution >= 4 is 11.8 Å². The zero-order valence-corrected chi connectivity index (χ0v) is 16.4. The van der Waals surface area contributed by atoms with E-state index in [0.29, 0.717) is 17.5 Å². The van der Waals surface area contributed by atoms with Crippen LogP contribution in [0.2, 0.25) is 0 Å². The minimum absolute atomic E-state index is 0.172. The molecule has 150 valence electrons. The van der Waals surface area contributed by atoms with Gasteiger partial charge in [0, 0.05) is 12.4 Å². The number of hydrogen-bond acceptors (Lipinski definition) is 4. The summed E-state index contributed by atoms with van der Waals surface area (Å²) >= 11 is 0. The molecule has 2 aromatic carbocycles. The van der Waals surface area contributed by atoms with Crippen molar-refractivity contribution in [1.82, 2.24) is 9.88 Å². The Bertz CT molecular complexity index is 1020. The van der Waals surface area contributed by atoms with Gasteiger partial charge in [-0.15, -0.1) is 0 Å². The number of primary amides is 1. The van der Waals surface area contributed by atoms with Crippen LogP contribution in [0.3, 0.4) is 0 Å². The zero-order valence-electron chi connectivity index (χ0n) is 16.4. The number of fused-ring (bicyclic) bond motifs is 1. The second-order valence-corrected chi connectivity index (χ2v) is 6.88. The van der Waals surface area contributed by atoms with E-state index in [1.807, 2.05) is 42.5 Å². The predicted molar refractivity (Wildman–Crippen MR) is 113 cm³/mol. The second kappa shape index (κ2) is 9.99. The SMILES string of the molecule is N#Cc1ccc2c(c1)C(N(CC(N)=O)C(=O)c1cccnc1)CC2.c1ccccc1. The Labute approximate surface area is 175 Å². The summed E-state index contributed by atoms with van der Waals surface area (Å²) in [6.45, 7) is -0.172. The predicted octanol–water partition coefficient (Wildman–Crippen LogP) is 3.25. The summed E-state index contributed by atoms with van der Waals surface area (Å²) in [5.74, 6) is -0.862. The first-order chi connectivity index (χ1) is 14.6. The van der Waals surface area contributed by atoms with Crippen molar-refractivity contribution < 1.29 is 9.59 Å². The smallest absolute Gasteiger partial charge is 0.256 e. The highest BCUT2D eigenvalue weighted by molar-refractivity contribution is 5.96. The van der Waals surface area contributed by atoms with Crippen molar-refractivity contribution in [2.24, 2.45) is 5.73 Å². The number of aromatic nitrogens is 1. The monoisotopic (exact) mass is 398 g/mol. The Kier molecular flexibility index (Phi) is 6.91. The first-order valence-electron chi connectivity index (χ1n) is 9.62. The standard InChI is InChI=1S/C18H16N4O2.C6H6/c19-9-12-3-4-13-5-6-16(15(13)8-12)22(11-17(20)23)18(24)14-2-1-7-21-10-14;1-2-4-6-5-3-1/h1-4,7-8,10,16H,5-6,11H2,(H2,20,23);1-6H. The Hall–Kier alpha value is -3.98. The maximum Gasteiger partial charge on any atom is 0.256 e. The van der Waals surface area contributed by atoms with E-state index in [1.165, 1.54) is 11.1 Å². The first-order valence-corrected chi connectivity index (χ1v) is 9.62. The van der Waals surface area contributed by atoms with Crippen molar-refractivity contribution in [3.63, 3.8) is 0 Å². The summed E-state index contributed by atoms with van der Waals surface area (Å²) < 4.78 is 0. The Morgan fingerprint density at radius 2 is 1.80 bits per heavy atom. The molecule has 4 rings (SSSR count). The van der Waals surface area contributed by atoms with Crippen LogP contribution in [-0.2, 0) is 11.2 Å². The number of carbonyl (C=O) groups is 2. The zero-order chi connectivity index (χ0) is 21.3. The molecule has 3 aromatic rings. The molecule has 1 heterocycles. The van der Waals surface area contributed by atoms with E-state index >= 15 is 0 Å². The highest BCUT2D eigenvalue weighted by Gasteiger charge is 2.32. The molecular formula is C24H22N4O2. The lowest BCUT2D eigenvalue weighted by Gasteiger charge is -2.28. The summed E-state index contributed by atoms with van der Waals surface area (Å²) in [6, 6.07) is 22.6. The van der Waals surface area contributed by atoms with Gasteiger partial charge in [0.25, 0.3) is 5.91 Å². The molecular weight excluding hydrogens is 376 g/mol. The van der Waals surface area contributed by atoms with Crippen LogP contribution in [0.15, 0.2) is 79.1 Å². The second-order valence-electron chi connectivity index (χ2n) is 6.88. The van der Waals surface area contributed by atoms with E-state index in [2.05, 4.69) is 11.1 Å². The van der Waals surface area contributed by atoms with Gasteiger partial charge in [0.15, 0.2) is 0 Å². The van der Waals surface area contributed by atoms with Gasteiger partial charge in [-0.3, -0.25) is 14.6 Å². The summed E-state index contributed by atoms with van der Waals surface area (Å²) in [7, 11) is 0. The highest BCUT2D eigenvalue weighted by Crippen LogP contribution is 2.36. The molecule has 0 spiro atoms. The molecule has 0 fully saturated rings. The summed E-state index contributed by atoms with van der Waals surface area (Å²) in [5, 5.41) is 9.11. The van der Waals surface area contributed by atoms with Gasteiger partial charge in [-0.2, -0.15) is 5.26 Å². The molecule has 1 aromatic heterocycles. The van der Waals surface area contributed by atoms with Crippen molar-refractivity contribution in [3.05, 3.63) is 101 Å². The average molecular weight is 398 g/mol. The summed E-state index contributed by atoms with van der Waals surface area (Å²) in [5.41, 5.74) is 8.29. The van der Waals surface area contributed by atoms with Crippen LogP contribution in [0, 0.1) is 11.3 Å². The average Bonchev–Trinajstić information content (AvgIpc) is 3.22. The molecule has 1 atom stereocenters. The Morgan fingerprint density at radius 1 is 1.10 bits per heavy atom. The van der Waals surface area contributed by atoms with Crippen molar-refractivity contribution in [2.75, 3.05) is 6.54 Å². The lowest BCUT2D eigenvalue weighted by Crippen LogP contribution is -2.40. The van der Waals surface area contributed by atoms with E-state index in [0.717, 1.165) is 17.5 Å². The van der Waals surface area contributed by atoms with E-state index < -0.39 is 5.91 Å². The number of pyridine rings is 1. The van der Waals surface area contributed by atoms with Crippen molar-refractivity contribution in [1.29, 1.82) is 5.26 Å². The third-order valence-corrected chi connectivity index (χ3v) is 4.86. The molecule has 2 N–H and O–H groups in total. The van der Waals surface area contributed by atoms with Crippen LogP contribution >= 0.6 is 0 Å². The van der Waals surface area contributed by atoms with Crippen LogP contribution in [0.25, 0.3) is 0 Å². The molecule has 6 nitrogen and oxygen atoms in total. The maximum absolute atomic E-state index is 12.8. The quantitative estimate of drug-likeness (QED) is 0.729. The van der Waals surface area contributed by atoms with Gasteiger partial charge in [-0.1, -0.05) is 42.5 Å². The molecule has 0 radical (unpaired) electrons. The van der Waals surface area contributed by atoms with Gasteiger partial charge in [0.1, 0.15) is 6.54 Å². The van der Waals surface area contributed by atoms with Crippen LogP contribution in [0.5, 0.6) is 0 Å². The fraction of sp³-hybridized carbons (Fsp3) is 0.167. The van der Waals surface area contributed by atoms with Gasteiger partial charge < -0.3 is 10.6 Å². The highest BCUT2D eigenvalue weighted by atomic mass is 16.2. The number of aryl methyl sites for hydroxylation is 1. The molecule has 30 heavy (non-hydrogen) atoms. The van der Waals surface area contributed by atoms with Gasteiger partial charge in [0.2, 0.25) is 5.91 Å². The number of nitrogens with zero attached hydrogens (tertiary/aromatic N) is 3. The fourth-order valence-electron chi connectivity index (χ4n) is 3.51. The van der Waals surface area contributed by atoms with Gasteiger partial charge >= 0.3 is 0 Å². The number of nitrogens with two attached hydrogens (primary N) is 1. The van der Waals surface area contributed by atoms with Gasteiger partial charge in [0.05, 0.1) is 23.2 Å². The van der Waals surface area contributed by atoms with E-state index in [-0.39, 0.29) is 18.5 Å². The number of amides is 2. The third kappa shape index (κ3) is 5.09. The molecule has 0 bridgehead atoms. The van der Waals surface area contributed by atoms with Crippen molar-refractivity contribution in [2.45, 2.75) is 18.9 Å². The van der Waals surface area contributed by atoms with Gasteiger partial charge in [-0.25, -0.2) is 0 Å². The minimum atomic E-state index is -0.572. The lowest BCUT2D eigenvalue weighted by molar-refractivity contribution is -0.119. The van der Waals surface area contributed by atoms with E-state index in [9.17, 15) is 9.59 Å². The summed E-state index contributed by atoms with van der Waals surface area (Å²) in [6.07, 6.45) is 4.54. The van der Waals surface area contributed by atoms with Crippen LogP contribution < -0.4 is 5.73 Å². The molecule has 1 aliphatic carbocycles. The molecule has 0 aliphatic heterocycles. The Balaban J connectivity index is 0.000000367. The van der Waals surface area contributed by atoms with E-state index in [1.54, 1.807) is 30.5 Å². The number of nitriles is 1. The molecule has 0 saturated heterocycles. The molecule has 1 unspecified atom stereocenters. The first kappa shape index (κ1) is 20.7. The topological polar surface area (TPSA) is 100 Å². The number of benzene rings is 2. The Morgan fingerprint density at radius 3 is 2.37 bits per heavy atom. The molecule has 1 aliphatic rings. The normalized spacial score (nSPS) is 13.9. The largest absolute Gasteiger partial charge is 0.368 e. The van der Waals surface area contributed by atoms with Crippen LogP contribution in [0.1, 0.15) is 39.5 Å². The lowest BCUT2D eigenvalue weighted by atomic mass is 10.0. The van der Waals surface area contributed by atoms with Crippen LogP contribution in [0.4, 0.5) is 0 Å². The minimum Gasteiger partial charge on any atom is -0.368 e. The van der Waals surface area contributed by atoms with E-state index in [4.69, 9.17) is 11.0 Å².